The van der Waals surface area contributed by atoms with E-state index in [4.69, 9.17) is 0 Å². The fourth-order valence-corrected chi connectivity index (χ4v) is 4.13. The summed E-state index contributed by atoms with van der Waals surface area (Å²) < 4.78 is 0. The first-order chi connectivity index (χ1) is 15.2. The number of carbonyl (C=O) groups excluding carboxylic acids is 2. The lowest BCUT2D eigenvalue weighted by atomic mass is 10.0. The lowest BCUT2D eigenvalue weighted by Crippen LogP contribution is -2.03. The van der Waals surface area contributed by atoms with Crippen LogP contribution >= 0.6 is 11.8 Å². The minimum Gasteiger partial charge on any atom is -0.294 e. The van der Waals surface area contributed by atoms with Crippen molar-refractivity contribution in [2.75, 3.05) is 0 Å². The molecule has 0 N–H and O–H groups in total. The number of Topliss-reactive ketones (excluding diaryl/α,β-unsaturated/α-hetero) is 2. The van der Waals surface area contributed by atoms with Crippen LogP contribution in [0.25, 0.3) is 0 Å². The van der Waals surface area contributed by atoms with Crippen molar-refractivity contribution in [1.29, 1.82) is 0 Å². The summed E-state index contributed by atoms with van der Waals surface area (Å²) in [4.78, 5) is 26.9. The molecular weight excluding hydrogens is 400 g/mol. The van der Waals surface area contributed by atoms with Gasteiger partial charge in [-0.2, -0.15) is 0 Å². The third kappa shape index (κ3) is 5.80. The summed E-state index contributed by atoms with van der Waals surface area (Å²) in [7, 11) is 0. The van der Waals surface area contributed by atoms with E-state index in [1.54, 1.807) is 11.8 Å². The summed E-state index contributed by atoms with van der Waals surface area (Å²) in [5.74, 6) is 0.253. The summed E-state index contributed by atoms with van der Waals surface area (Å²) in [5, 5.41) is 0. The molecule has 4 aromatic rings. The Balaban J connectivity index is 1.34. The van der Waals surface area contributed by atoms with Crippen molar-refractivity contribution in [2.45, 2.75) is 22.6 Å². The van der Waals surface area contributed by atoms with Gasteiger partial charge in [-0.15, -0.1) is 0 Å². The van der Waals surface area contributed by atoms with Crippen molar-refractivity contribution in [3.05, 3.63) is 131 Å². The highest BCUT2D eigenvalue weighted by atomic mass is 32.2. The molecule has 4 aromatic carbocycles. The van der Waals surface area contributed by atoms with E-state index in [1.807, 2.05) is 109 Å². The van der Waals surface area contributed by atoms with Gasteiger partial charge in [-0.3, -0.25) is 9.59 Å². The maximum Gasteiger partial charge on any atom is 0.167 e. The first kappa shape index (κ1) is 20.8. The number of rotatable bonds is 8. The van der Waals surface area contributed by atoms with E-state index in [1.165, 1.54) is 0 Å². The zero-order valence-corrected chi connectivity index (χ0v) is 17.8. The van der Waals surface area contributed by atoms with Gasteiger partial charge in [0.2, 0.25) is 0 Å². The molecule has 0 heterocycles. The minimum absolute atomic E-state index is 0.127. The Morgan fingerprint density at radius 3 is 1.19 bits per heavy atom. The van der Waals surface area contributed by atoms with E-state index in [-0.39, 0.29) is 11.6 Å². The normalized spacial score (nSPS) is 10.6. The maximum absolute atomic E-state index is 12.4. The van der Waals surface area contributed by atoms with Crippen molar-refractivity contribution in [2.24, 2.45) is 0 Å². The van der Waals surface area contributed by atoms with E-state index >= 15 is 0 Å². The molecule has 0 amide bonds. The molecule has 152 valence electrons. The lowest BCUT2D eigenvalue weighted by Gasteiger charge is -2.06. The molecule has 0 aliphatic heterocycles. The molecule has 31 heavy (non-hydrogen) atoms. The summed E-state index contributed by atoms with van der Waals surface area (Å²) in [5.41, 5.74) is 3.50. The van der Waals surface area contributed by atoms with E-state index in [0.29, 0.717) is 12.8 Å². The van der Waals surface area contributed by atoms with E-state index < -0.39 is 0 Å². The van der Waals surface area contributed by atoms with Crippen LogP contribution in [0, 0.1) is 0 Å². The van der Waals surface area contributed by atoms with Gasteiger partial charge < -0.3 is 0 Å². The second kappa shape index (κ2) is 10.1. The molecule has 0 radical (unpaired) electrons. The predicted molar refractivity (Wildman–Crippen MR) is 126 cm³/mol. The van der Waals surface area contributed by atoms with E-state index in [0.717, 1.165) is 32.0 Å². The first-order valence-electron chi connectivity index (χ1n) is 10.2. The van der Waals surface area contributed by atoms with Crippen molar-refractivity contribution >= 4 is 23.3 Å². The van der Waals surface area contributed by atoms with Crippen LogP contribution in [0.1, 0.15) is 31.8 Å². The molecule has 0 unspecified atom stereocenters. The zero-order valence-electron chi connectivity index (χ0n) is 17.0. The second-order valence-corrected chi connectivity index (χ2v) is 8.47. The SMILES string of the molecule is O=C(Cc1ccc(Sc2ccc(CC(=O)c3ccccc3)cc2)cc1)c1ccccc1. The van der Waals surface area contributed by atoms with Gasteiger partial charge in [0.05, 0.1) is 0 Å². The molecule has 0 atom stereocenters. The van der Waals surface area contributed by atoms with Crippen molar-refractivity contribution < 1.29 is 9.59 Å². The summed E-state index contributed by atoms with van der Waals surface area (Å²) >= 11 is 1.67. The Morgan fingerprint density at radius 1 is 0.484 bits per heavy atom. The Kier molecular flexibility index (Phi) is 6.75. The molecular formula is C28H22O2S. The van der Waals surface area contributed by atoms with Gasteiger partial charge >= 0.3 is 0 Å². The van der Waals surface area contributed by atoms with Gasteiger partial charge in [-0.1, -0.05) is 96.7 Å². The van der Waals surface area contributed by atoms with Crippen molar-refractivity contribution in [3.63, 3.8) is 0 Å². The van der Waals surface area contributed by atoms with Gasteiger partial charge in [0.25, 0.3) is 0 Å². The van der Waals surface area contributed by atoms with Crippen LogP contribution in [0.15, 0.2) is 119 Å². The van der Waals surface area contributed by atoms with Crippen LogP contribution in [0.4, 0.5) is 0 Å². The highest BCUT2D eigenvalue weighted by Gasteiger charge is 2.08. The third-order valence-electron chi connectivity index (χ3n) is 5.00. The fourth-order valence-electron chi connectivity index (χ4n) is 3.31. The van der Waals surface area contributed by atoms with Crippen LogP contribution in [-0.2, 0) is 12.8 Å². The number of carbonyl (C=O) groups is 2. The lowest BCUT2D eigenvalue weighted by molar-refractivity contribution is 0.0984. The smallest absolute Gasteiger partial charge is 0.167 e. The first-order valence-corrected chi connectivity index (χ1v) is 11.0. The Morgan fingerprint density at radius 2 is 0.839 bits per heavy atom. The standard InChI is InChI=1S/C28H22O2S/c29-27(23-7-3-1-4-8-23)19-21-11-15-25(16-12-21)31-26-17-13-22(14-18-26)20-28(30)24-9-5-2-6-10-24/h1-18H,19-20H2. The zero-order chi connectivity index (χ0) is 21.5. The van der Waals surface area contributed by atoms with Crippen LogP contribution in [0.2, 0.25) is 0 Å². The molecule has 0 saturated heterocycles. The average molecular weight is 423 g/mol. The van der Waals surface area contributed by atoms with Gasteiger partial charge in [0, 0.05) is 33.8 Å². The van der Waals surface area contributed by atoms with Gasteiger partial charge in [-0.25, -0.2) is 0 Å². The van der Waals surface area contributed by atoms with E-state index in [9.17, 15) is 9.59 Å². The molecule has 0 spiro atoms. The van der Waals surface area contributed by atoms with Gasteiger partial charge in [0.15, 0.2) is 11.6 Å². The largest absolute Gasteiger partial charge is 0.294 e. The minimum atomic E-state index is 0.127. The van der Waals surface area contributed by atoms with Crippen molar-refractivity contribution in [1.82, 2.24) is 0 Å². The number of hydrogen-bond donors (Lipinski definition) is 0. The van der Waals surface area contributed by atoms with Crippen LogP contribution in [-0.4, -0.2) is 11.6 Å². The molecule has 0 aliphatic rings. The number of benzene rings is 4. The number of hydrogen-bond acceptors (Lipinski definition) is 3. The molecule has 0 saturated carbocycles. The molecule has 2 nitrogen and oxygen atoms in total. The van der Waals surface area contributed by atoms with E-state index in [2.05, 4.69) is 0 Å². The van der Waals surface area contributed by atoms with Gasteiger partial charge in [0.1, 0.15) is 0 Å². The highest BCUT2D eigenvalue weighted by molar-refractivity contribution is 7.99. The Labute approximate surface area is 187 Å². The third-order valence-corrected chi connectivity index (χ3v) is 6.02. The molecule has 4 rings (SSSR count). The molecule has 0 aliphatic carbocycles. The van der Waals surface area contributed by atoms with Crippen molar-refractivity contribution in [3.8, 4) is 0 Å². The maximum atomic E-state index is 12.4. The fraction of sp³-hybridized carbons (Fsp3) is 0.0714. The number of ketones is 2. The molecule has 0 fully saturated rings. The summed E-state index contributed by atoms with van der Waals surface area (Å²) in [6, 6.07) is 35.0. The molecule has 3 heteroatoms. The molecule has 0 aromatic heterocycles. The second-order valence-electron chi connectivity index (χ2n) is 7.32. The monoisotopic (exact) mass is 422 g/mol. The topological polar surface area (TPSA) is 34.1 Å². The van der Waals surface area contributed by atoms with Crippen LogP contribution in [0.5, 0.6) is 0 Å². The average Bonchev–Trinajstić information content (AvgIpc) is 2.82. The summed E-state index contributed by atoms with van der Waals surface area (Å²) in [6.45, 7) is 0. The highest BCUT2D eigenvalue weighted by Crippen LogP contribution is 2.28. The predicted octanol–water partition coefficient (Wildman–Crippen LogP) is 6.69. The van der Waals surface area contributed by atoms with Crippen LogP contribution < -0.4 is 0 Å². The van der Waals surface area contributed by atoms with Crippen LogP contribution in [0.3, 0.4) is 0 Å². The molecule has 0 bridgehead atoms. The Hall–Kier alpha value is -3.43. The Bertz CT molecular complexity index is 1050. The quantitative estimate of drug-likeness (QED) is 0.297. The summed E-state index contributed by atoms with van der Waals surface area (Å²) in [6.07, 6.45) is 0.804. The van der Waals surface area contributed by atoms with Gasteiger partial charge in [-0.05, 0) is 35.4 Å².